The number of aryl methyl sites for hydroxylation is 2. The Labute approximate surface area is 225 Å². The summed E-state index contributed by atoms with van der Waals surface area (Å²) in [6, 6.07) is 14.1. The van der Waals surface area contributed by atoms with E-state index in [0.29, 0.717) is 6.42 Å². The lowest BCUT2D eigenvalue weighted by Gasteiger charge is -2.25. The third-order valence-corrected chi connectivity index (χ3v) is 5.43. The highest BCUT2D eigenvalue weighted by atomic mass is 16.6. The number of ether oxygens (including phenoxy) is 3. The highest BCUT2D eigenvalue weighted by Crippen LogP contribution is 2.22. The molecule has 38 heavy (non-hydrogen) atoms. The van der Waals surface area contributed by atoms with Gasteiger partial charge in [0, 0.05) is 6.54 Å². The van der Waals surface area contributed by atoms with Crippen molar-refractivity contribution in [2.45, 2.75) is 78.7 Å². The van der Waals surface area contributed by atoms with Crippen molar-refractivity contribution in [3.05, 3.63) is 65.2 Å². The van der Waals surface area contributed by atoms with Gasteiger partial charge in [-0.2, -0.15) is 0 Å². The number of carbonyl (C=O) groups excluding carboxylic acids is 3. The van der Waals surface area contributed by atoms with Gasteiger partial charge in [-0.15, -0.1) is 0 Å². The molecule has 0 heterocycles. The zero-order valence-electron chi connectivity index (χ0n) is 23.3. The molecule has 3 N–H and O–H groups in total. The summed E-state index contributed by atoms with van der Waals surface area (Å²) in [5.74, 6) is 0.433. The normalized spacial score (nSPS) is 12.6. The van der Waals surface area contributed by atoms with Crippen LogP contribution in [0.4, 0.5) is 9.59 Å². The molecule has 0 fully saturated rings. The molecule has 0 aliphatic rings. The fourth-order valence-corrected chi connectivity index (χ4v) is 3.61. The summed E-state index contributed by atoms with van der Waals surface area (Å²) in [5.41, 5.74) is 2.21. The van der Waals surface area contributed by atoms with E-state index in [9.17, 15) is 14.4 Å². The summed E-state index contributed by atoms with van der Waals surface area (Å²) in [6.07, 6.45) is -0.518. The first-order valence-corrected chi connectivity index (χ1v) is 12.9. The monoisotopic (exact) mass is 527 g/mol. The highest BCUT2D eigenvalue weighted by molar-refractivity contribution is 5.85. The van der Waals surface area contributed by atoms with Crippen molar-refractivity contribution >= 4 is 18.1 Å². The van der Waals surface area contributed by atoms with Crippen molar-refractivity contribution in [1.82, 2.24) is 16.0 Å². The van der Waals surface area contributed by atoms with Crippen LogP contribution in [0.5, 0.6) is 5.75 Å². The van der Waals surface area contributed by atoms with Crippen LogP contribution in [0, 0.1) is 13.8 Å². The van der Waals surface area contributed by atoms with Crippen LogP contribution in [0.3, 0.4) is 0 Å². The quantitative estimate of drug-likeness (QED) is 0.342. The largest absolute Gasteiger partial charge is 0.491 e. The molecule has 2 aromatic carbocycles. The van der Waals surface area contributed by atoms with Crippen LogP contribution in [0.1, 0.15) is 57.2 Å². The summed E-state index contributed by atoms with van der Waals surface area (Å²) in [6.45, 7) is 11.7. The highest BCUT2D eigenvalue weighted by Gasteiger charge is 2.25. The molecule has 2 aromatic rings. The maximum absolute atomic E-state index is 13.0. The number of rotatable bonds is 12. The Hall–Kier alpha value is -3.75. The lowest BCUT2D eigenvalue weighted by atomic mass is 10.1. The number of hydrogen-bond acceptors (Lipinski definition) is 6. The molecule has 3 amide bonds. The second-order valence-electron chi connectivity index (χ2n) is 10.3. The average Bonchev–Trinajstić information content (AvgIpc) is 2.83. The predicted octanol–water partition coefficient (Wildman–Crippen LogP) is 4.79. The van der Waals surface area contributed by atoms with Gasteiger partial charge in [0.1, 0.15) is 30.6 Å². The zero-order valence-corrected chi connectivity index (χ0v) is 23.3. The fraction of sp³-hybridized carbons (Fsp3) is 0.483. The molecule has 9 heteroatoms. The Bertz CT molecular complexity index is 1030. The van der Waals surface area contributed by atoms with Gasteiger partial charge >= 0.3 is 12.2 Å². The summed E-state index contributed by atoms with van der Waals surface area (Å²) >= 11 is 0. The van der Waals surface area contributed by atoms with E-state index in [2.05, 4.69) is 16.0 Å². The molecule has 0 saturated carbocycles. The maximum atomic E-state index is 13.0. The smallest absolute Gasteiger partial charge is 0.408 e. The predicted molar refractivity (Wildman–Crippen MR) is 146 cm³/mol. The molecule has 9 nitrogen and oxygen atoms in total. The molecular weight excluding hydrogens is 486 g/mol. The van der Waals surface area contributed by atoms with E-state index in [4.69, 9.17) is 14.2 Å². The summed E-state index contributed by atoms with van der Waals surface area (Å²) < 4.78 is 16.5. The fourth-order valence-electron chi connectivity index (χ4n) is 3.61. The second-order valence-corrected chi connectivity index (χ2v) is 10.3. The maximum Gasteiger partial charge on any atom is 0.408 e. The number of benzene rings is 2. The van der Waals surface area contributed by atoms with Crippen LogP contribution in [0.15, 0.2) is 48.5 Å². The topological polar surface area (TPSA) is 115 Å². The van der Waals surface area contributed by atoms with Crippen molar-refractivity contribution in [2.24, 2.45) is 0 Å². The number of alkyl carbamates (subject to hydrolysis) is 2. The van der Waals surface area contributed by atoms with E-state index < -0.39 is 23.8 Å². The van der Waals surface area contributed by atoms with Crippen molar-refractivity contribution in [1.29, 1.82) is 0 Å². The van der Waals surface area contributed by atoms with Crippen molar-refractivity contribution < 1.29 is 28.6 Å². The van der Waals surface area contributed by atoms with Crippen molar-refractivity contribution in [2.75, 3.05) is 13.2 Å². The molecule has 0 spiro atoms. The Morgan fingerprint density at radius 1 is 0.895 bits per heavy atom. The SMILES string of the molecule is Cc1cccc(C)c1OCC(C)NC(=O)[C@H](CCCNC(=O)OCc1ccccc1)NC(=O)OC(C)(C)C. The minimum atomic E-state index is -0.852. The number of amides is 3. The van der Waals surface area contributed by atoms with Crippen LogP contribution >= 0.6 is 0 Å². The molecule has 0 aliphatic carbocycles. The molecule has 0 saturated heterocycles. The van der Waals surface area contributed by atoms with Gasteiger partial charge in [-0.3, -0.25) is 4.79 Å². The van der Waals surface area contributed by atoms with Gasteiger partial charge in [-0.1, -0.05) is 48.5 Å². The molecule has 2 atom stereocenters. The number of carbonyl (C=O) groups is 3. The van der Waals surface area contributed by atoms with Gasteiger partial charge < -0.3 is 30.2 Å². The van der Waals surface area contributed by atoms with Crippen molar-refractivity contribution in [3.63, 3.8) is 0 Å². The third kappa shape index (κ3) is 11.5. The van der Waals surface area contributed by atoms with Crippen molar-refractivity contribution in [3.8, 4) is 5.75 Å². The standard InChI is InChI=1S/C29H41N3O6/c1-20-12-10-13-21(2)25(20)36-18-22(3)31-26(33)24(32-28(35)38-29(4,5)6)16-11-17-30-27(34)37-19-23-14-8-7-9-15-23/h7-10,12-15,22,24H,11,16-19H2,1-6H3,(H,30,34)(H,31,33)(H,32,35)/t22?,24-/m0/s1. The average molecular weight is 528 g/mol. The second kappa shape index (κ2) is 14.9. The molecule has 0 bridgehead atoms. The van der Waals surface area contributed by atoms with Crippen LogP contribution in [0.2, 0.25) is 0 Å². The van der Waals surface area contributed by atoms with Gasteiger partial charge in [-0.25, -0.2) is 9.59 Å². The molecule has 0 aromatic heterocycles. The van der Waals surface area contributed by atoms with Crippen LogP contribution < -0.4 is 20.7 Å². The van der Waals surface area contributed by atoms with E-state index in [1.165, 1.54) is 0 Å². The Morgan fingerprint density at radius 3 is 2.18 bits per heavy atom. The minimum absolute atomic E-state index is 0.167. The molecular formula is C29H41N3O6. The van der Waals surface area contributed by atoms with Gasteiger partial charge in [0.15, 0.2) is 0 Å². The molecule has 208 valence electrons. The van der Waals surface area contributed by atoms with Crippen LogP contribution in [-0.2, 0) is 20.9 Å². The lowest BCUT2D eigenvalue weighted by Crippen LogP contribution is -2.51. The van der Waals surface area contributed by atoms with Gasteiger partial charge in [-0.05, 0) is 71.1 Å². The first kappa shape index (κ1) is 30.5. The van der Waals surface area contributed by atoms with Gasteiger partial charge in [0.25, 0.3) is 0 Å². The Morgan fingerprint density at radius 2 is 1.55 bits per heavy atom. The molecule has 1 unspecified atom stereocenters. The molecule has 0 aliphatic heterocycles. The minimum Gasteiger partial charge on any atom is -0.491 e. The van der Waals surface area contributed by atoms with Crippen LogP contribution in [-0.4, -0.2) is 48.9 Å². The van der Waals surface area contributed by atoms with E-state index in [0.717, 1.165) is 22.4 Å². The van der Waals surface area contributed by atoms with E-state index in [1.54, 1.807) is 20.8 Å². The Balaban J connectivity index is 1.86. The summed E-state index contributed by atoms with van der Waals surface area (Å²) in [7, 11) is 0. The number of para-hydroxylation sites is 1. The van der Waals surface area contributed by atoms with E-state index in [-0.39, 0.29) is 38.1 Å². The number of nitrogens with one attached hydrogen (secondary N) is 3. The van der Waals surface area contributed by atoms with E-state index >= 15 is 0 Å². The lowest BCUT2D eigenvalue weighted by molar-refractivity contribution is -0.124. The summed E-state index contributed by atoms with van der Waals surface area (Å²) in [4.78, 5) is 37.4. The first-order valence-electron chi connectivity index (χ1n) is 12.9. The third-order valence-electron chi connectivity index (χ3n) is 5.43. The molecule has 0 radical (unpaired) electrons. The zero-order chi connectivity index (χ0) is 28.1. The Kier molecular flexibility index (Phi) is 11.9. The summed E-state index contributed by atoms with van der Waals surface area (Å²) in [5, 5.41) is 8.22. The number of hydrogen-bond donors (Lipinski definition) is 3. The molecule has 2 rings (SSSR count). The van der Waals surface area contributed by atoms with E-state index in [1.807, 2.05) is 69.3 Å². The van der Waals surface area contributed by atoms with Gasteiger partial charge in [0.2, 0.25) is 5.91 Å². The van der Waals surface area contributed by atoms with Crippen LogP contribution in [0.25, 0.3) is 0 Å². The van der Waals surface area contributed by atoms with Gasteiger partial charge in [0.05, 0.1) is 6.04 Å². The first-order chi connectivity index (χ1) is 17.9.